The van der Waals surface area contributed by atoms with Gasteiger partial charge in [-0.1, -0.05) is 0 Å². The number of aromatic nitrogens is 1. The van der Waals surface area contributed by atoms with Crippen molar-refractivity contribution in [3.8, 4) is 6.07 Å². The van der Waals surface area contributed by atoms with Crippen molar-refractivity contribution in [2.45, 2.75) is 12.8 Å². The Hall–Kier alpha value is -2.09. The number of aliphatic carboxylic acids is 1. The predicted molar refractivity (Wildman–Crippen MR) is 61.5 cm³/mol. The maximum absolute atomic E-state index is 11.0. The molecule has 0 aliphatic carbocycles. The van der Waals surface area contributed by atoms with E-state index in [-0.39, 0.29) is 5.92 Å². The first-order valence-electron chi connectivity index (χ1n) is 5.55. The third kappa shape index (κ3) is 2.36. The van der Waals surface area contributed by atoms with E-state index in [1.54, 1.807) is 18.3 Å². The normalized spacial score (nSPS) is 19.7. The lowest BCUT2D eigenvalue weighted by Crippen LogP contribution is -2.39. The number of piperidine rings is 1. The van der Waals surface area contributed by atoms with E-state index in [1.807, 2.05) is 4.90 Å². The van der Waals surface area contributed by atoms with E-state index in [9.17, 15) is 4.79 Å². The second-order valence-electron chi connectivity index (χ2n) is 4.11. The molecule has 0 amide bonds. The van der Waals surface area contributed by atoms with Crippen LogP contribution in [0, 0.1) is 17.2 Å². The van der Waals surface area contributed by atoms with Gasteiger partial charge in [0.15, 0.2) is 0 Å². The third-order valence-corrected chi connectivity index (χ3v) is 2.98. The zero-order valence-corrected chi connectivity index (χ0v) is 9.33. The Morgan fingerprint density at radius 3 is 3.18 bits per heavy atom. The number of carbonyl (C=O) groups is 1. The molecule has 0 aromatic carbocycles. The fourth-order valence-corrected chi connectivity index (χ4v) is 2.11. The number of pyridine rings is 1. The van der Waals surface area contributed by atoms with Crippen LogP contribution in [0.25, 0.3) is 0 Å². The van der Waals surface area contributed by atoms with Crippen molar-refractivity contribution in [3.05, 3.63) is 23.9 Å². The highest BCUT2D eigenvalue weighted by Crippen LogP contribution is 2.24. The van der Waals surface area contributed by atoms with Gasteiger partial charge in [0.2, 0.25) is 0 Å². The molecule has 2 rings (SSSR count). The molecule has 1 saturated heterocycles. The second kappa shape index (κ2) is 4.83. The van der Waals surface area contributed by atoms with Crippen LogP contribution in [0.1, 0.15) is 18.4 Å². The van der Waals surface area contributed by atoms with Gasteiger partial charge in [0.05, 0.1) is 11.5 Å². The molecular weight excluding hydrogens is 218 g/mol. The molecule has 0 radical (unpaired) electrons. The molecule has 1 aromatic rings. The Morgan fingerprint density at radius 1 is 1.65 bits per heavy atom. The summed E-state index contributed by atoms with van der Waals surface area (Å²) in [6.45, 7) is 1.19. The monoisotopic (exact) mass is 231 g/mol. The number of nitrogens with zero attached hydrogens (tertiary/aromatic N) is 3. The minimum absolute atomic E-state index is 0.364. The molecule has 17 heavy (non-hydrogen) atoms. The molecule has 1 unspecified atom stereocenters. The van der Waals surface area contributed by atoms with E-state index in [1.165, 1.54) is 0 Å². The molecule has 1 aliphatic rings. The first kappa shape index (κ1) is 11.4. The summed E-state index contributed by atoms with van der Waals surface area (Å²) in [7, 11) is 0. The lowest BCUT2D eigenvalue weighted by Gasteiger charge is -2.31. The van der Waals surface area contributed by atoms with Crippen LogP contribution in [-0.2, 0) is 4.79 Å². The van der Waals surface area contributed by atoms with Gasteiger partial charge in [-0.3, -0.25) is 4.79 Å². The molecule has 88 valence electrons. The first-order valence-corrected chi connectivity index (χ1v) is 5.55. The van der Waals surface area contributed by atoms with Gasteiger partial charge in [-0.15, -0.1) is 0 Å². The average molecular weight is 231 g/mol. The minimum atomic E-state index is -0.774. The summed E-state index contributed by atoms with van der Waals surface area (Å²) in [5.74, 6) is -0.539. The lowest BCUT2D eigenvalue weighted by atomic mass is 9.98. The number of carboxylic acid groups (broad SMARTS) is 1. The van der Waals surface area contributed by atoms with Gasteiger partial charge in [0.1, 0.15) is 11.9 Å². The standard InChI is InChI=1S/C12H13N3O2/c13-7-9-3-1-5-14-11(9)15-6-2-4-10(8-15)12(16)17/h1,3,5,10H,2,4,6,8H2,(H,16,17). The van der Waals surface area contributed by atoms with Gasteiger partial charge in [0, 0.05) is 19.3 Å². The van der Waals surface area contributed by atoms with E-state index in [2.05, 4.69) is 11.1 Å². The molecule has 2 heterocycles. The van der Waals surface area contributed by atoms with Crippen LogP contribution in [0.5, 0.6) is 0 Å². The molecule has 1 aliphatic heterocycles. The zero-order valence-electron chi connectivity index (χ0n) is 9.33. The molecule has 1 aromatic heterocycles. The fraction of sp³-hybridized carbons (Fsp3) is 0.417. The number of hydrogen-bond acceptors (Lipinski definition) is 4. The van der Waals surface area contributed by atoms with Crippen molar-refractivity contribution < 1.29 is 9.90 Å². The van der Waals surface area contributed by atoms with E-state index >= 15 is 0 Å². The van der Waals surface area contributed by atoms with Crippen LogP contribution >= 0.6 is 0 Å². The number of rotatable bonds is 2. The van der Waals surface area contributed by atoms with E-state index in [4.69, 9.17) is 10.4 Å². The van der Waals surface area contributed by atoms with Gasteiger partial charge in [-0.25, -0.2) is 4.98 Å². The molecule has 0 spiro atoms. The van der Waals surface area contributed by atoms with Crippen molar-refractivity contribution in [1.82, 2.24) is 4.98 Å². The largest absolute Gasteiger partial charge is 0.481 e. The predicted octanol–water partition coefficient (Wildman–Crippen LogP) is 1.25. The van der Waals surface area contributed by atoms with E-state index in [0.29, 0.717) is 24.3 Å². The summed E-state index contributed by atoms with van der Waals surface area (Å²) in [6.07, 6.45) is 3.14. The van der Waals surface area contributed by atoms with Gasteiger partial charge < -0.3 is 10.0 Å². The van der Waals surface area contributed by atoms with E-state index in [0.717, 1.165) is 13.0 Å². The van der Waals surface area contributed by atoms with Gasteiger partial charge in [-0.2, -0.15) is 5.26 Å². The Bertz CT molecular complexity index is 467. The van der Waals surface area contributed by atoms with Gasteiger partial charge >= 0.3 is 5.97 Å². The second-order valence-corrected chi connectivity index (χ2v) is 4.11. The molecule has 0 bridgehead atoms. The molecule has 1 N–H and O–H groups in total. The lowest BCUT2D eigenvalue weighted by molar-refractivity contribution is -0.141. The number of hydrogen-bond donors (Lipinski definition) is 1. The smallest absolute Gasteiger partial charge is 0.308 e. The summed E-state index contributed by atoms with van der Waals surface area (Å²) in [4.78, 5) is 17.0. The van der Waals surface area contributed by atoms with Crippen LogP contribution in [0.15, 0.2) is 18.3 Å². The summed E-state index contributed by atoms with van der Waals surface area (Å²) in [5, 5.41) is 18.0. The maximum Gasteiger partial charge on any atom is 0.308 e. The molecule has 5 nitrogen and oxygen atoms in total. The van der Waals surface area contributed by atoms with Crippen LogP contribution in [0.3, 0.4) is 0 Å². The molecule has 1 fully saturated rings. The summed E-state index contributed by atoms with van der Waals surface area (Å²) < 4.78 is 0. The summed E-state index contributed by atoms with van der Waals surface area (Å²) >= 11 is 0. The van der Waals surface area contributed by atoms with Crippen LogP contribution in [0.4, 0.5) is 5.82 Å². The topological polar surface area (TPSA) is 77.2 Å². The SMILES string of the molecule is N#Cc1cccnc1N1CCCC(C(=O)O)C1. The zero-order chi connectivity index (χ0) is 12.3. The molecule has 5 heteroatoms. The van der Waals surface area contributed by atoms with Crippen molar-refractivity contribution in [2.75, 3.05) is 18.0 Å². The highest BCUT2D eigenvalue weighted by Gasteiger charge is 2.27. The third-order valence-electron chi connectivity index (χ3n) is 2.98. The van der Waals surface area contributed by atoms with Crippen LogP contribution in [0.2, 0.25) is 0 Å². The van der Waals surface area contributed by atoms with Gasteiger partial charge in [-0.05, 0) is 25.0 Å². The van der Waals surface area contributed by atoms with Crippen LogP contribution < -0.4 is 4.90 Å². The Kier molecular flexibility index (Phi) is 3.24. The highest BCUT2D eigenvalue weighted by atomic mass is 16.4. The van der Waals surface area contributed by atoms with Crippen molar-refractivity contribution >= 4 is 11.8 Å². The number of carboxylic acids is 1. The van der Waals surface area contributed by atoms with Gasteiger partial charge in [0.25, 0.3) is 0 Å². The highest BCUT2D eigenvalue weighted by molar-refractivity contribution is 5.71. The molecule has 0 saturated carbocycles. The number of nitriles is 1. The Balaban J connectivity index is 2.22. The fourth-order valence-electron chi connectivity index (χ4n) is 2.11. The molecule has 1 atom stereocenters. The first-order chi connectivity index (χ1) is 8.22. The van der Waals surface area contributed by atoms with Crippen molar-refractivity contribution in [3.63, 3.8) is 0 Å². The Morgan fingerprint density at radius 2 is 2.47 bits per heavy atom. The molecular formula is C12H13N3O2. The quantitative estimate of drug-likeness (QED) is 0.829. The minimum Gasteiger partial charge on any atom is -0.481 e. The number of anilines is 1. The van der Waals surface area contributed by atoms with Crippen molar-refractivity contribution in [1.29, 1.82) is 5.26 Å². The Labute approximate surface area is 99.3 Å². The maximum atomic E-state index is 11.0. The average Bonchev–Trinajstić information content (AvgIpc) is 2.39. The summed E-state index contributed by atoms with van der Waals surface area (Å²) in [5.41, 5.74) is 0.499. The van der Waals surface area contributed by atoms with Crippen LogP contribution in [-0.4, -0.2) is 29.1 Å². The van der Waals surface area contributed by atoms with Crippen molar-refractivity contribution in [2.24, 2.45) is 5.92 Å². The van der Waals surface area contributed by atoms with E-state index < -0.39 is 5.97 Å². The summed E-state index contributed by atoms with van der Waals surface area (Å²) in [6, 6.07) is 5.50.